The zero-order valence-corrected chi connectivity index (χ0v) is 10.7. The number of aryl methyl sites for hydroxylation is 1. The van der Waals surface area contributed by atoms with Gasteiger partial charge < -0.3 is 4.84 Å². The molecule has 0 bridgehead atoms. The molecule has 3 rings (SSSR count). The zero-order valence-electron chi connectivity index (χ0n) is 10.7. The fourth-order valence-corrected chi connectivity index (χ4v) is 2.40. The van der Waals surface area contributed by atoms with Crippen molar-refractivity contribution < 1.29 is 4.84 Å². The molecule has 0 fully saturated rings. The first kappa shape index (κ1) is 12.0. The Labute approximate surface area is 111 Å². The van der Waals surface area contributed by atoms with Crippen LogP contribution in [0.1, 0.15) is 29.8 Å². The Morgan fingerprint density at radius 2 is 1.95 bits per heavy atom. The molecule has 0 saturated carbocycles. The highest BCUT2D eigenvalue weighted by molar-refractivity contribution is 5.16. The predicted molar refractivity (Wildman–Crippen MR) is 71.9 cm³/mol. The normalized spacial score (nSPS) is 13.9. The fourth-order valence-electron chi connectivity index (χ4n) is 2.40. The van der Waals surface area contributed by atoms with Crippen molar-refractivity contribution in [3.05, 3.63) is 63.8 Å². The van der Waals surface area contributed by atoms with Crippen LogP contribution in [0.4, 0.5) is 0 Å². The van der Waals surface area contributed by atoms with E-state index in [1.807, 2.05) is 30.3 Å². The van der Waals surface area contributed by atoms with Gasteiger partial charge in [0.2, 0.25) is 0 Å². The lowest BCUT2D eigenvalue weighted by Gasteiger charge is -2.19. The van der Waals surface area contributed by atoms with Gasteiger partial charge in [-0.3, -0.25) is 9.78 Å². The van der Waals surface area contributed by atoms with Crippen LogP contribution >= 0.6 is 0 Å². The number of nitrogens with zero attached hydrogens (tertiary/aromatic N) is 2. The Bertz CT molecular complexity index is 620. The smallest absolute Gasteiger partial charge is 0.301 e. The van der Waals surface area contributed by atoms with Crippen LogP contribution in [0.25, 0.3) is 0 Å². The molecule has 0 saturated heterocycles. The minimum atomic E-state index is -0.184. The van der Waals surface area contributed by atoms with Gasteiger partial charge in [0.1, 0.15) is 6.61 Å². The molecule has 1 heterocycles. The molecule has 0 aliphatic heterocycles. The molecule has 1 aliphatic rings. The van der Waals surface area contributed by atoms with Crippen molar-refractivity contribution in [2.45, 2.75) is 32.3 Å². The maximum atomic E-state index is 11.9. The van der Waals surface area contributed by atoms with E-state index in [-0.39, 0.29) is 5.56 Å². The first-order chi connectivity index (χ1) is 9.34. The van der Waals surface area contributed by atoms with Crippen LogP contribution in [0.15, 0.2) is 41.3 Å². The van der Waals surface area contributed by atoms with Crippen molar-refractivity contribution in [2.75, 3.05) is 0 Å². The second-order valence-corrected chi connectivity index (χ2v) is 4.75. The van der Waals surface area contributed by atoms with Crippen LogP contribution in [0.5, 0.6) is 0 Å². The molecular formula is C15H16N2O2. The quantitative estimate of drug-likeness (QED) is 0.840. The summed E-state index contributed by atoms with van der Waals surface area (Å²) in [4.78, 5) is 21.8. The van der Waals surface area contributed by atoms with Crippen molar-refractivity contribution >= 4 is 0 Å². The molecule has 0 unspecified atom stereocenters. The van der Waals surface area contributed by atoms with Crippen molar-refractivity contribution in [2.24, 2.45) is 0 Å². The molecule has 0 spiro atoms. The molecule has 1 aromatic heterocycles. The lowest BCUT2D eigenvalue weighted by molar-refractivity contribution is 0.0799. The molecule has 0 N–H and O–H groups in total. The van der Waals surface area contributed by atoms with Crippen LogP contribution in [0.2, 0.25) is 0 Å². The highest BCUT2D eigenvalue weighted by Crippen LogP contribution is 2.17. The first-order valence-corrected chi connectivity index (χ1v) is 6.61. The van der Waals surface area contributed by atoms with E-state index in [1.54, 1.807) is 0 Å². The van der Waals surface area contributed by atoms with Crippen molar-refractivity contribution in [1.29, 1.82) is 0 Å². The van der Waals surface area contributed by atoms with Crippen molar-refractivity contribution in [3.8, 4) is 0 Å². The van der Waals surface area contributed by atoms with E-state index in [1.165, 1.54) is 10.9 Å². The topological polar surface area (TPSA) is 44.1 Å². The average molecular weight is 256 g/mol. The van der Waals surface area contributed by atoms with E-state index in [4.69, 9.17) is 4.84 Å². The van der Waals surface area contributed by atoms with Crippen LogP contribution in [0, 0.1) is 0 Å². The number of rotatable bonds is 3. The molecule has 1 aromatic carbocycles. The van der Waals surface area contributed by atoms with Crippen molar-refractivity contribution in [1.82, 2.24) is 9.71 Å². The minimum absolute atomic E-state index is 0.184. The largest absolute Gasteiger partial charge is 0.406 e. The molecule has 0 atom stereocenters. The van der Waals surface area contributed by atoms with Gasteiger partial charge in [-0.05, 0) is 31.2 Å². The molecule has 19 heavy (non-hydrogen) atoms. The van der Waals surface area contributed by atoms with E-state index in [2.05, 4.69) is 4.98 Å². The summed E-state index contributed by atoms with van der Waals surface area (Å²) in [6.45, 7) is 0.400. The third kappa shape index (κ3) is 2.52. The van der Waals surface area contributed by atoms with E-state index in [9.17, 15) is 4.79 Å². The van der Waals surface area contributed by atoms with Gasteiger partial charge in [-0.1, -0.05) is 30.3 Å². The van der Waals surface area contributed by atoms with E-state index in [0.29, 0.717) is 6.61 Å². The lowest BCUT2D eigenvalue weighted by Crippen LogP contribution is -2.32. The minimum Gasteiger partial charge on any atom is -0.406 e. The average Bonchev–Trinajstić information content (AvgIpc) is 2.47. The van der Waals surface area contributed by atoms with E-state index < -0.39 is 0 Å². The summed E-state index contributed by atoms with van der Waals surface area (Å²) in [5.74, 6) is 0. The summed E-state index contributed by atoms with van der Waals surface area (Å²) in [7, 11) is 0. The molecule has 2 aromatic rings. The molecule has 1 aliphatic carbocycles. The molecule has 4 heteroatoms. The van der Waals surface area contributed by atoms with Crippen LogP contribution in [-0.4, -0.2) is 9.71 Å². The predicted octanol–water partition coefficient (Wildman–Crippen LogP) is 1.75. The lowest BCUT2D eigenvalue weighted by atomic mass is 10.0. The first-order valence-electron chi connectivity index (χ1n) is 6.61. The van der Waals surface area contributed by atoms with Gasteiger partial charge >= 0.3 is 5.56 Å². The van der Waals surface area contributed by atoms with Gasteiger partial charge in [0.05, 0.1) is 17.6 Å². The summed E-state index contributed by atoms with van der Waals surface area (Å²) in [6.07, 6.45) is 5.39. The Morgan fingerprint density at radius 1 is 1.16 bits per heavy atom. The third-order valence-corrected chi connectivity index (χ3v) is 3.39. The number of fused-ring (bicyclic) bond motifs is 1. The van der Waals surface area contributed by atoms with Gasteiger partial charge in [0.25, 0.3) is 0 Å². The highest BCUT2D eigenvalue weighted by atomic mass is 16.7. The summed E-state index contributed by atoms with van der Waals surface area (Å²) >= 11 is 0. The van der Waals surface area contributed by atoms with Crippen LogP contribution < -0.4 is 10.4 Å². The Morgan fingerprint density at radius 3 is 2.79 bits per heavy atom. The molecule has 0 radical (unpaired) electrons. The summed E-state index contributed by atoms with van der Waals surface area (Å²) in [6, 6.07) is 9.86. The van der Waals surface area contributed by atoms with Gasteiger partial charge in [-0.2, -0.15) is 0 Å². The van der Waals surface area contributed by atoms with Crippen LogP contribution in [-0.2, 0) is 19.4 Å². The Hall–Kier alpha value is -2.10. The molecule has 4 nitrogen and oxygen atoms in total. The Balaban J connectivity index is 1.86. The van der Waals surface area contributed by atoms with Crippen molar-refractivity contribution in [3.63, 3.8) is 0 Å². The number of hydrogen-bond donors (Lipinski definition) is 0. The number of benzene rings is 1. The number of hydrogen-bond acceptors (Lipinski definition) is 3. The summed E-state index contributed by atoms with van der Waals surface area (Å²) < 4.78 is 1.43. The van der Waals surface area contributed by atoms with Gasteiger partial charge in [-0.25, -0.2) is 0 Å². The third-order valence-electron chi connectivity index (χ3n) is 3.39. The summed E-state index contributed by atoms with van der Waals surface area (Å²) in [5, 5.41) is 0. The standard InChI is InChI=1S/C15H16N2O2/c18-15-10-16-13-8-4-5-9-14(13)17(15)19-11-12-6-2-1-3-7-12/h1-3,6-7,10H,4-5,8-9,11H2. The fraction of sp³-hybridized carbons (Fsp3) is 0.333. The van der Waals surface area contributed by atoms with Gasteiger partial charge in [0.15, 0.2) is 0 Å². The van der Waals surface area contributed by atoms with E-state index >= 15 is 0 Å². The SMILES string of the molecule is O=c1cnc2c(n1OCc1ccccc1)CCCC2. The second-order valence-electron chi connectivity index (χ2n) is 4.75. The zero-order chi connectivity index (χ0) is 13.1. The molecule has 0 amide bonds. The highest BCUT2D eigenvalue weighted by Gasteiger charge is 2.16. The summed E-state index contributed by atoms with van der Waals surface area (Å²) in [5.41, 5.74) is 2.81. The molecular weight excluding hydrogens is 240 g/mol. The van der Waals surface area contributed by atoms with Crippen LogP contribution in [0.3, 0.4) is 0 Å². The van der Waals surface area contributed by atoms with E-state index in [0.717, 1.165) is 42.6 Å². The molecule has 98 valence electrons. The number of aromatic nitrogens is 2. The van der Waals surface area contributed by atoms with Gasteiger partial charge in [0, 0.05) is 0 Å². The maximum absolute atomic E-state index is 11.9. The maximum Gasteiger partial charge on any atom is 0.301 e. The Kier molecular flexibility index (Phi) is 3.31. The van der Waals surface area contributed by atoms with Gasteiger partial charge in [-0.15, -0.1) is 4.73 Å². The monoisotopic (exact) mass is 256 g/mol. The second kappa shape index (κ2) is 5.26.